The minimum Gasteiger partial charge on any atom is -0.493 e. The Bertz CT molecular complexity index is 829. The van der Waals surface area contributed by atoms with Gasteiger partial charge in [0.15, 0.2) is 0 Å². The molecule has 0 unspecified atom stereocenters. The molecule has 0 bridgehead atoms. The van der Waals surface area contributed by atoms with Crippen LogP contribution in [0.3, 0.4) is 0 Å². The largest absolute Gasteiger partial charge is 0.493 e. The van der Waals surface area contributed by atoms with Crippen LogP contribution in [0.5, 0.6) is 5.75 Å². The summed E-state index contributed by atoms with van der Waals surface area (Å²) in [6.07, 6.45) is 4.17. The number of rotatable bonds is 9. The molecular formula is C24H26N2O. The Morgan fingerprint density at radius 1 is 0.926 bits per heavy atom. The van der Waals surface area contributed by atoms with Crippen molar-refractivity contribution in [3.63, 3.8) is 0 Å². The molecule has 0 spiro atoms. The van der Waals surface area contributed by atoms with Gasteiger partial charge in [-0.25, -0.2) is 0 Å². The SMILES string of the molecule is CC[C@@H](COc1ccc(Cc2ccccc2)cc1)C(=N)Cc1ccccn1. The van der Waals surface area contributed by atoms with Crippen LogP contribution in [0, 0.1) is 11.3 Å². The topological polar surface area (TPSA) is 46.0 Å². The van der Waals surface area contributed by atoms with Crippen molar-refractivity contribution in [3.8, 4) is 5.75 Å². The summed E-state index contributed by atoms with van der Waals surface area (Å²) in [7, 11) is 0. The maximum Gasteiger partial charge on any atom is 0.119 e. The van der Waals surface area contributed by atoms with E-state index in [1.54, 1.807) is 6.20 Å². The quantitative estimate of drug-likeness (QED) is 0.525. The van der Waals surface area contributed by atoms with Crippen LogP contribution in [0.15, 0.2) is 79.0 Å². The molecule has 3 heteroatoms. The highest BCUT2D eigenvalue weighted by atomic mass is 16.5. The lowest BCUT2D eigenvalue weighted by Crippen LogP contribution is -2.22. The number of aromatic nitrogens is 1. The fourth-order valence-electron chi connectivity index (χ4n) is 3.04. The Kier molecular flexibility index (Phi) is 6.75. The second-order valence-electron chi connectivity index (χ2n) is 6.75. The van der Waals surface area contributed by atoms with Gasteiger partial charge in [0.1, 0.15) is 5.75 Å². The zero-order valence-electron chi connectivity index (χ0n) is 15.8. The molecule has 2 aromatic carbocycles. The molecule has 3 rings (SSSR count). The maximum atomic E-state index is 8.39. The summed E-state index contributed by atoms with van der Waals surface area (Å²) in [5.74, 6) is 0.965. The van der Waals surface area contributed by atoms with Crippen LogP contribution in [0.2, 0.25) is 0 Å². The van der Waals surface area contributed by atoms with Crippen LogP contribution in [-0.4, -0.2) is 17.3 Å². The second kappa shape index (κ2) is 9.67. The van der Waals surface area contributed by atoms with Gasteiger partial charge in [-0.2, -0.15) is 0 Å². The van der Waals surface area contributed by atoms with E-state index in [9.17, 15) is 0 Å². The van der Waals surface area contributed by atoms with Crippen molar-refractivity contribution in [3.05, 3.63) is 95.8 Å². The molecule has 1 N–H and O–H groups in total. The van der Waals surface area contributed by atoms with Crippen LogP contribution in [0.25, 0.3) is 0 Å². The summed E-state index contributed by atoms with van der Waals surface area (Å²) in [6, 6.07) is 24.6. The Morgan fingerprint density at radius 2 is 1.63 bits per heavy atom. The highest BCUT2D eigenvalue weighted by Crippen LogP contribution is 2.17. The monoisotopic (exact) mass is 358 g/mol. The predicted molar refractivity (Wildman–Crippen MR) is 111 cm³/mol. The number of nitrogens with one attached hydrogen (secondary N) is 1. The van der Waals surface area contributed by atoms with Crippen LogP contribution < -0.4 is 4.74 Å². The van der Waals surface area contributed by atoms with E-state index in [1.165, 1.54) is 11.1 Å². The van der Waals surface area contributed by atoms with E-state index in [2.05, 4.69) is 48.3 Å². The third-order valence-corrected chi connectivity index (χ3v) is 4.71. The molecule has 0 saturated carbocycles. The van der Waals surface area contributed by atoms with E-state index in [0.717, 1.165) is 24.3 Å². The molecule has 0 aliphatic carbocycles. The first-order chi connectivity index (χ1) is 13.2. The standard InChI is InChI=1S/C24H26N2O/c1-2-21(24(25)17-22-10-6-7-15-26-22)18-27-23-13-11-20(12-14-23)16-19-8-4-3-5-9-19/h3-15,21,25H,2,16-18H2,1H3/t21-/m0/s1. The van der Waals surface area contributed by atoms with E-state index in [-0.39, 0.29) is 5.92 Å². The van der Waals surface area contributed by atoms with Gasteiger partial charge in [-0.3, -0.25) is 4.98 Å². The molecule has 0 aliphatic rings. The number of hydrogen-bond acceptors (Lipinski definition) is 3. The van der Waals surface area contributed by atoms with Gasteiger partial charge in [-0.05, 0) is 48.2 Å². The van der Waals surface area contributed by atoms with Crippen molar-refractivity contribution >= 4 is 5.71 Å². The summed E-state index contributed by atoms with van der Waals surface area (Å²) in [5.41, 5.74) is 4.19. The molecule has 0 amide bonds. The lowest BCUT2D eigenvalue weighted by atomic mass is 9.97. The highest BCUT2D eigenvalue weighted by Gasteiger charge is 2.14. The van der Waals surface area contributed by atoms with Crippen molar-refractivity contribution in [2.75, 3.05) is 6.61 Å². The Labute approximate surface area is 161 Å². The van der Waals surface area contributed by atoms with Crippen molar-refractivity contribution in [1.82, 2.24) is 4.98 Å². The zero-order valence-corrected chi connectivity index (χ0v) is 15.8. The van der Waals surface area contributed by atoms with Crippen molar-refractivity contribution in [1.29, 1.82) is 5.41 Å². The van der Waals surface area contributed by atoms with Gasteiger partial charge in [-0.1, -0.05) is 55.5 Å². The predicted octanol–water partition coefficient (Wildman–Crippen LogP) is 5.34. The van der Waals surface area contributed by atoms with Crippen LogP contribution in [0.1, 0.15) is 30.2 Å². The van der Waals surface area contributed by atoms with Crippen molar-refractivity contribution < 1.29 is 4.74 Å². The first-order valence-electron chi connectivity index (χ1n) is 9.47. The van der Waals surface area contributed by atoms with Crippen molar-refractivity contribution in [2.45, 2.75) is 26.2 Å². The smallest absolute Gasteiger partial charge is 0.119 e. The van der Waals surface area contributed by atoms with Gasteiger partial charge in [-0.15, -0.1) is 0 Å². The molecule has 27 heavy (non-hydrogen) atoms. The van der Waals surface area contributed by atoms with Crippen LogP contribution >= 0.6 is 0 Å². The van der Waals surface area contributed by atoms with Crippen LogP contribution in [-0.2, 0) is 12.8 Å². The zero-order chi connectivity index (χ0) is 18.9. The highest BCUT2D eigenvalue weighted by molar-refractivity contribution is 5.85. The molecular weight excluding hydrogens is 332 g/mol. The molecule has 1 heterocycles. The molecule has 0 saturated heterocycles. The molecule has 138 valence electrons. The first-order valence-corrected chi connectivity index (χ1v) is 9.47. The minimum absolute atomic E-state index is 0.107. The van der Waals surface area contributed by atoms with E-state index in [0.29, 0.717) is 18.7 Å². The average Bonchev–Trinajstić information content (AvgIpc) is 2.71. The fourth-order valence-corrected chi connectivity index (χ4v) is 3.04. The molecule has 1 atom stereocenters. The fraction of sp³-hybridized carbons (Fsp3) is 0.250. The Hall–Kier alpha value is -2.94. The van der Waals surface area contributed by atoms with Gasteiger partial charge in [0.25, 0.3) is 0 Å². The third kappa shape index (κ3) is 5.78. The van der Waals surface area contributed by atoms with Gasteiger partial charge < -0.3 is 10.1 Å². The van der Waals surface area contributed by atoms with Gasteiger partial charge in [0, 0.05) is 29.9 Å². The van der Waals surface area contributed by atoms with E-state index < -0.39 is 0 Å². The Balaban J connectivity index is 1.52. The summed E-state index contributed by atoms with van der Waals surface area (Å²) in [4.78, 5) is 4.32. The average molecular weight is 358 g/mol. The van der Waals surface area contributed by atoms with E-state index >= 15 is 0 Å². The summed E-state index contributed by atoms with van der Waals surface area (Å²) < 4.78 is 5.96. The second-order valence-corrected chi connectivity index (χ2v) is 6.75. The molecule has 0 aliphatic heterocycles. The van der Waals surface area contributed by atoms with E-state index in [1.807, 2.05) is 36.4 Å². The molecule has 0 radical (unpaired) electrons. The normalized spacial score (nSPS) is 11.7. The summed E-state index contributed by atoms with van der Waals surface area (Å²) in [6.45, 7) is 2.63. The third-order valence-electron chi connectivity index (χ3n) is 4.71. The number of nitrogens with zero attached hydrogens (tertiary/aromatic N) is 1. The molecule has 1 aromatic heterocycles. The lowest BCUT2D eigenvalue weighted by molar-refractivity contribution is 0.280. The van der Waals surface area contributed by atoms with Gasteiger partial charge >= 0.3 is 0 Å². The molecule has 0 fully saturated rings. The number of hydrogen-bond donors (Lipinski definition) is 1. The van der Waals surface area contributed by atoms with Crippen LogP contribution in [0.4, 0.5) is 0 Å². The number of pyridine rings is 1. The van der Waals surface area contributed by atoms with Gasteiger partial charge in [0.2, 0.25) is 0 Å². The first kappa shape index (κ1) is 18.8. The minimum atomic E-state index is 0.107. The number of ether oxygens (including phenoxy) is 1. The Morgan fingerprint density at radius 3 is 2.30 bits per heavy atom. The lowest BCUT2D eigenvalue weighted by Gasteiger charge is -2.17. The summed E-state index contributed by atoms with van der Waals surface area (Å²) in [5, 5.41) is 8.39. The van der Waals surface area contributed by atoms with Crippen molar-refractivity contribution in [2.24, 2.45) is 5.92 Å². The summed E-state index contributed by atoms with van der Waals surface area (Å²) >= 11 is 0. The number of benzene rings is 2. The molecule has 3 nitrogen and oxygen atoms in total. The van der Waals surface area contributed by atoms with E-state index in [4.69, 9.17) is 10.1 Å². The maximum absolute atomic E-state index is 8.39. The molecule has 3 aromatic rings. The van der Waals surface area contributed by atoms with Gasteiger partial charge in [0.05, 0.1) is 6.61 Å².